The van der Waals surface area contributed by atoms with E-state index in [0.29, 0.717) is 0 Å². The minimum Gasteiger partial charge on any atom is -0.324 e. The van der Waals surface area contributed by atoms with Crippen LogP contribution >= 0.6 is 0 Å². The van der Waals surface area contributed by atoms with Gasteiger partial charge in [-0.15, -0.1) is 0 Å². The zero-order valence-corrected chi connectivity index (χ0v) is 10.3. The van der Waals surface area contributed by atoms with Crippen molar-refractivity contribution in [3.05, 3.63) is 71.3 Å². The van der Waals surface area contributed by atoms with Gasteiger partial charge in [0.25, 0.3) is 0 Å². The molecule has 0 saturated heterocycles. The van der Waals surface area contributed by atoms with Gasteiger partial charge in [-0.05, 0) is 29.5 Å². The van der Waals surface area contributed by atoms with Gasteiger partial charge >= 0.3 is 0 Å². The maximum Gasteiger partial charge on any atom is 0.0335 e. The second-order valence-electron chi connectivity index (χ2n) is 4.34. The number of aryl methyl sites for hydroxylation is 1. The normalized spacial score (nSPS) is 12.4. The lowest BCUT2D eigenvalue weighted by molar-refractivity contribution is 0.716. The van der Waals surface area contributed by atoms with Gasteiger partial charge in [0.15, 0.2) is 0 Å². The first-order valence-electron chi connectivity index (χ1n) is 6.18. The fraction of sp³-hybridized carbons (Fsp3) is 0.250. The van der Waals surface area contributed by atoms with Crippen molar-refractivity contribution in [2.45, 2.75) is 25.8 Å². The molecule has 2 aromatic rings. The molecule has 0 bridgehead atoms. The molecule has 0 aliphatic heterocycles. The number of hydrogen-bond donors (Lipinski definition) is 1. The highest BCUT2D eigenvalue weighted by molar-refractivity contribution is 5.30. The third-order valence-electron chi connectivity index (χ3n) is 3.17. The van der Waals surface area contributed by atoms with Crippen LogP contribution in [0.5, 0.6) is 0 Å². The smallest absolute Gasteiger partial charge is 0.0335 e. The summed E-state index contributed by atoms with van der Waals surface area (Å²) in [7, 11) is 0. The molecule has 17 heavy (non-hydrogen) atoms. The summed E-state index contributed by atoms with van der Waals surface area (Å²) in [5.74, 6) is 0. The van der Waals surface area contributed by atoms with Gasteiger partial charge in [-0.3, -0.25) is 0 Å². The van der Waals surface area contributed by atoms with E-state index < -0.39 is 0 Å². The monoisotopic (exact) mass is 225 g/mol. The Morgan fingerprint density at radius 1 is 0.882 bits per heavy atom. The summed E-state index contributed by atoms with van der Waals surface area (Å²) in [6.07, 6.45) is 1.98. The number of benzene rings is 2. The van der Waals surface area contributed by atoms with Crippen LogP contribution in [0.4, 0.5) is 0 Å². The second kappa shape index (κ2) is 5.65. The lowest BCUT2D eigenvalue weighted by atomic mass is 9.95. The first-order chi connectivity index (χ1) is 8.31. The van der Waals surface area contributed by atoms with Gasteiger partial charge in [-0.1, -0.05) is 61.5 Å². The van der Waals surface area contributed by atoms with Gasteiger partial charge in [-0.25, -0.2) is 0 Å². The molecule has 0 saturated carbocycles. The molecule has 1 heteroatoms. The second-order valence-corrected chi connectivity index (χ2v) is 4.34. The molecule has 1 atom stereocenters. The van der Waals surface area contributed by atoms with E-state index in [1.165, 1.54) is 16.7 Å². The molecule has 0 aliphatic rings. The van der Waals surface area contributed by atoms with Gasteiger partial charge in [-0.2, -0.15) is 0 Å². The van der Waals surface area contributed by atoms with Crippen molar-refractivity contribution in [3.8, 4) is 0 Å². The van der Waals surface area contributed by atoms with Crippen molar-refractivity contribution < 1.29 is 0 Å². The summed E-state index contributed by atoms with van der Waals surface area (Å²) in [6.45, 7) is 2.19. The Kier molecular flexibility index (Phi) is 3.94. The van der Waals surface area contributed by atoms with Crippen LogP contribution in [0, 0.1) is 0 Å². The molecule has 0 aromatic heterocycles. The topological polar surface area (TPSA) is 26.0 Å². The van der Waals surface area contributed by atoms with Crippen LogP contribution < -0.4 is 5.73 Å². The van der Waals surface area contributed by atoms with E-state index in [2.05, 4.69) is 43.3 Å². The summed E-state index contributed by atoms with van der Waals surface area (Å²) in [5, 5.41) is 0. The van der Waals surface area contributed by atoms with Crippen molar-refractivity contribution in [3.63, 3.8) is 0 Å². The molecule has 0 heterocycles. The van der Waals surface area contributed by atoms with Crippen LogP contribution in [0.25, 0.3) is 0 Å². The van der Waals surface area contributed by atoms with Crippen molar-refractivity contribution >= 4 is 0 Å². The predicted octanol–water partition coefficient (Wildman–Crippen LogP) is 3.49. The van der Waals surface area contributed by atoms with Gasteiger partial charge in [0.2, 0.25) is 0 Å². The zero-order chi connectivity index (χ0) is 12.1. The lowest BCUT2D eigenvalue weighted by Crippen LogP contribution is -2.14. The van der Waals surface area contributed by atoms with Crippen LogP contribution in [-0.4, -0.2) is 0 Å². The summed E-state index contributed by atoms with van der Waals surface area (Å²) in [4.78, 5) is 0. The van der Waals surface area contributed by atoms with E-state index in [9.17, 15) is 0 Å². The summed E-state index contributed by atoms with van der Waals surface area (Å²) in [5.41, 5.74) is 10.2. The molecule has 0 radical (unpaired) electrons. The van der Waals surface area contributed by atoms with Crippen molar-refractivity contribution in [1.29, 1.82) is 0 Å². The largest absolute Gasteiger partial charge is 0.324 e. The molecule has 0 amide bonds. The average molecular weight is 225 g/mol. The minimum absolute atomic E-state index is 0.0869. The first kappa shape index (κ1) is 11.9. The number of rotatable bonds is 4. The van der Waals surface area contributed by atoms with E-state index in [0.717, 1.165) is 12.8 Å². The van der Waals surface area contributed by atoms with E-state index in [1.54, 1.807) is 0 Å². The first-order valence-corrected chi connectivity index (χ1v) is 6.18. The zero-order valence-electron chi connectivity index (χ0n) is 10.3. The lowest BCUT2D eigenvalue weighted by Gasteiger charge is -2.14. The Labute approximate surface area is 103 Å². The predicted molar refractivity (Wildman–Crippen MR) is 72.9 cm³/mol. The highest BCUT2D eigenvalue weighted by atomic mass is 14.6. The van der Waals surface area contributed by atoms with E-state index >= 15 is 0 Å². The van der Waals surface area contributed by atoms with Gasteiger partial charge in [0.1, 0.15) is 0 Å². The van der Waals surface area contributed by atoms with Crippen molar-refractivity contribution in [2.24, 2.45) is 5.73 Å². The highest BCUT2D eigenvalue weighted by Crippen LogP contribution is 2.18. The molecule has 2 N–H and O–H groups in total. The van der Waals surface area contributed by atoms with Crippen LogP contribution in [0.3, 0.4) is 0 Å². The molecule has 88 valence electrons. The maximum absolute atomic E-state index is 6.25. The molecule has 0 aliphatic carbocycles. The Bertz CT molecular complexity index is 462. The molecular formula is C16H19N. The Morgan fingerprint density at radius 2 is 1.47 bits per heavy atom. The van der Waals surface area contributed by atoms with Gasteiger partial charge in [0, 0.05) is 6.04 Å². The van der Waals surface area contributed by atoms with Crippen LogP contribution in [0.15, 0.2) is 54.6 Å². The molecule has 1 unspecified atom stereocenters. The fourth-order valence-electron chi connectivity index (χ4n) is 2.16. The van der Waals surface area contributed by atoms with Crippen molar-refractivity contribution in [2.75, 3.05) is 0 Å². The molecule has 2 aromatic carbocycles. The highest BCUT2D eigenvalue weighted by Gasteiger charge is 2.08. The summed E-state index contributed by atoms with van der Waals surface area (Å²) in [6, 6.07) is 18.9. The molecule has 0 spiro atoms. The van der Waals surface area contributed by atoms with Crippen LogP contribution in [0.1, 0.15) is 29.7 Å². The Balaban J connectivity index is 2.16. The van der Waals surface area contributed by atoms with E-state index in [-0.39, 0.29) is 6.04 Å². The molecule has 2 rings (SSSR count). The van der Waals surface area contributed by atoms with Crippen molar-refractivity contribution in [1.82, 2.24) is 0 Å². The summed E-state index contributed by atoms with van der Waals surface area (Å²) < 4.78 is 0. The summed E-state index contributed by atoms with van der Waals surface area (Å²) >= 11 is 0. The van der Waals surface area contributed by atoms with E-state index in [4.69, 9.17) is 5.73 Å². The average Bonchev–Trinajstić information content (AvgIpc) is 2.40. The van der Waals surface area contributed by atoms with Crippen LogP contribution in [0.2, 0.25) is 0 Å². The minimum atomic E-state index is 0.0869. The maximum atomic E-state index is 6.25. The standard InChI is InChI=1S/C16H19N/c1-2-13-8-6-7-11-15(13)12-16(17)14-9-4-3-5-10-14/h3-11,16H,2,12,17H2,1H3. The van der Waals surface area contributed by atoms with E-state index in [1.807, 2.05) is 18.2 Å². The fourth-order valence-corrected chi connectivity index (χ4v) is 2.16. The Morgan fingerprint density at radius 3 is 2.12 bits per heavy atom. The SMILES string of the molecule is CCc1ccccc1CC(N)c1ccccc1. The Hall–Kier alpha value is -1.60. The van der Waals surface area contributed by atoms with Gasteiger partial charge < -0.3 is 5.73 Å². The third-order valence-corrected chi connectivity index (χ3v) is 3.17. The van der Waals surface area contributed by atoms with Crippen LogP contribution in [-0.2, 0) is 12.8 Å². The quantitative estimate of drug-likeness (QED) is 0.847. The number of hydrogen-bond acceptors (Lipinski definition) is 1. The number of nitrogens with two attached hydrogens (primary N) is 1. The molecule has 0 fully saturated rings. The molecule has 1 nitrogen and oxygen atoms in total. The molecular weight excluding hydrogens is 206 g/mol. The van der Waals surface area contributed by atoms with Gasteiger partial charge in [0.05, 0.1) is 0 Å². The third kappa shape index (κ3) is 2.95.